The molecule has 1 heterocycles. The molecular formula is C82H147NO10. The highest BCUT2D eigenvalue weighted by molar-refractivity contribution is 5.76. The van der Waals surface area contributed by atoms with E-state index in [2.05, 4.69) is 92.1 Å². The molecule has 1 saturated heterocycles. The van der Waals surface area contributed by atoms with Gasteiger partial charge in [0.25, 0.3) is 0 Å². The Balaban J connectivity index is 1.94. The number of esters is 1. The van der Waals surface area contributed by atoms with Crippen molar-refractivity contribution >= 4 is 11.9 Å². The smallest absolute Gasteiger partial charge is 0.305 e. The second-order valence-corrected chi connectivity index (χ2v) is 27.0. The molecule has 1 aliphatic rings. The van der Waals surface area contributed by atoms with Gasteiger partial charge in [0.15, 0.2) is 6.29 Å². The fraction of sp³-hybridized carbons (Fsp3) is 0.805. The van der Waals surface area contributed by atoms with Crippen molar-refractivity contribution in [1.29, 1.82) is 0 Å². The van der Waals surface area contributed by atoms with E-state index in [4.69, 9.17) is 14.2 Å². The molecule has 1 aliphatic heterocycles. The van der Waals surface area contributed by atoms with Crippen molar-refractivity contribution in [3.63, 3.8) is 0 Å². The Kier molecular flexibility index (Phi) is 66.3. The maximum absolute atomic E-state index is 13.1. The van der Waals surface area contributed by atoms with Crippen molar-refractivity contribution in [2.75, 3.05) is 19.8 Å². The van der Waals surface area contributed by atoms with Crippen molar-refractivity contribution in [2.45, 2.75) is 403 Å². The molecule has 540 valence electrons. The molecule has 0 bridgehead atoms. The Hall–Kier alpha value is -3.16. The average molecular weight is 1310 g/mol. The zero-order valence-corrected chi connectivity index (χ0v) is 60.2. The largest absolute Gasteiger partial charge is 0.466 e. The van der Waals surface area contributed by atoms with Crippen LogP contribution in [0.1, 0.15) is 361 Å². The monoisotopic (exact) mass is 1310 g/mol. The maximum atomic E-state index is 13.1. The summed E-state index contributed by atoms with van der Waals surface area (Å²) in [5.74, 6) is -0.196. The first-order chi connectivity index (χ1) is 45.7. The van der Waals surface area contributed by atoms with E-state index in [1.807, 2.05) is 6.08 Å². The number of hydrogen-bond donors (Lipinski definition) is 6. The van der Waals surface area contributed by atoms with Crippen LogP contribution < -0.4 is 5.32 Å². The first-order valence-electron chi connectivity index (χ1n) is 39.4. The maximum Gasteiger partial charge on any atom is 0.305 e. The van der Waals surface area contributed by atoms with E-state index in [0.29, 0.717) is 19.4 Å². The number of amides is 1. The molecule has 93 heavy (non-hydrogen) atoms. The third-order valence-corrected chi connectivity index (χ3v) is 18.2. The van der Waals surface area contributed by atoms with E-state index in [9.17, 15) is 35.1 Å². The van der Waals surface area contributed by atoms with Crippen LogP contribution in [0.15, 0.2) is 85.1 Å². The predicted octanol–water partition coefficient (Wildman–Crippen LogP) is 21.2. The van der Waals surface area contributed by atoms with Crippen LogP contribution in [-0.4, -0.2) is 100 Å². The highest BCUT2D eigenvalue weighted by atomic mass is 16.7. The third kappa shape index (κ3) is 58.7. The number of unbranched alkanes of at least 4 members (excludes halogenated alkanes) is 43. The third-order valence-electron chi connectivity index (χ3n) is 18.2. The molecule has 11 heteroatoms. The zero-order valence-electron chi connectivity index (χ0n) is 60.2. The van der Waals surface area contributed by atoms with Gasteiger partial charge in [0.1, 0.15) is 24.4 Å². The Morgan fingerprint density at radius 3 is 1.16 bits per heavy atom. The van der Waals surface area contributed by atoms with Gasteiger partial charge in [-0.25, -0.2) is 0 Å². The Labute approximate surface area is 572 Å². The standard InChI is InChI=1S/C82H147NO10/c1-3-5-7-9-11-13-15-17-44-48-52-56-60-64-68-75(85)74(73-92-82-81(90)80(89)79(88)76(72-84)93-82)83-77(86)69-65-61-57-53-49-45-42-40-38-36-34-32-30-28-26-24-22-20-19-21-23-25-27-29-31-33-35-37-39-41-43-47-51-55-59-63-67-71-91-78(87)70-66-62-58-54-50-46-18-16-14-12-10-8-6-4-2/h10,12-13,15-16,18-19,21,25,27,48,52,64,68,74-76,79-82,84-85,88-90H,3-9,11,14,17,20,22-24,26,28-47,49-51,53-63,65-67,69-73H2,1-2H3,(H,83,86)/b12-10-,15-13+,18-16-,21-19-,27-25-,52-48+,68-64+. The summed E-state index contributed by atoms with van der Waals surface area (Å²) in [6, 6.07) is -0.835. The Morgan fingerprint density at radius 1 is 0.398 bits per heavy atom. The number of rotatable bonds is 69. The summed E-state index contributed by atoms with van der Waals surface area (Å²) in [6.07, 6.45) is 87.5. The molecule has 0 saturated carbocycles. The van der Waals surface area contributed by atoms with Crippen LogP contribution in [0.2, 0.25) is 0 Å². The number of carbonyl (C=O) groups is 2. The minimum atomic E-state index is -1.58. The quantitative estimate of drug-likeness (QED) is 0.0195. The van der Waals surface area contributed by atoms with E-state index in [0.717, 1.165) is 83.5 Å². The highest BCUT2D eigenvalue weighted by Crippen LogP contribution is 2.23. The molecule has 0 aromatic rings. The van der Waals surface area contributed by atoms with Crippen LogP contribution in [-0.2, 0) is 23.8 Å². The Bertz CT molecular complexity index is 1820. The van der Waals surface area contributed by atoms with Gasteiger partial charge >= 0.3 is 5.97 Å². The second-order valence-electron chi connectivity index (χ2n) is 27.0. The van der Waals surface area contributed by atoms with E-state index in [1.165, 1.54) is 250 Å². The van der Waals surface area contributed by atoms with Gasteiger partial charge < -0.3 is 45.1 Å². The molecule has 0 aromatic heterocycles. The lowest BCUT2D eigenvalue weighted by Crippen LogP contribution is -2.60. The lowest BCUT2D eigenvalue weighted by Gasteiger charge is -2.40. The summed E-state index contributed by atoms with van der Waals surface area (Å²) < 4.78 is 16.7. The van der Waals surface area contributed by atoms with Gasteiger partial charge in [-0.1, -0.05) is 317 Å². The van der Waals surface area contributed by atoms with Gasteiger partial charge in [-0.3, -0.25) is 9.59 Å². The normalized spacial score (nSPS) is 17.9. The Morgan fingerprint density at radius 2 is 0.742 bits per heavy atom. The zero-order chi connectivity index (χ0) is 67.2. The number of carbonyl (C=O) groups excluding carboxylic acids is 2. The van der Waals surface area contributed by atoms with Crippen molar-refractivity contribution in [2.24, 2.45) is 0 Å². The summed E-state index contributed by atoms with van der Waals surface area (Å²) in [5.41, 5.74) is 0. The second kappa shape index (κ2) is 70.2. The summed E-state index contributed by atoms with van der Waals surface area (Å²) in [4.78, 5) is 25.2. The molecule has 0 aromatic carbocycles. The molecule has 1 fully saturated rings. The minimum absolute atomic E-state index is 0.00275. The molecular weight excluding hydrogens is 1160 g/mol. The first-order valence-corrected chi connectivity index (χ1v) is 39.4. The van der Waals surface area contributed by atoms with E-state index < -0.39 is 49.5 Å². The SMILES string of the molecule is CCCC/C=C\C/C=C\CCCCCCCC(=O)OCCCCCCCCCCCCCCC/C=C\C/C=C\CCCCCCCCCCCCCCCCCCCC(=O)NC(COC1OC(CO)C(O)C(O)C1O)C(O)/C=C/CC/C=C/CC/C=C/CCCCCC. The number of aliphatic hydroxyl groups is 5. The van der Waals surface area contributed by atoms with Crippen LogP contribution in [0.4, 0.5) is 0 Å². The van der Waals surface area contributed by atoms with Gasteiger partial charge in [0.05, 0.1) is 32.0 Å². The summed E-state index contributed by atoms with van der Waals surface area (Å²) >= 11 is 0. The van der Waals surface area contributed by atoms with E-state index in [-0.39, 0.29) is 18.5 Å². The van der Waals surface area contributed by atoms with Crippen LogP contribution in [0.3, 0.4) is 0 Å². The number of hydrogen-bond acceptors (Lipinski definition) is 10. The molecule has 0 spiro atoms. The molecule has 1 rings (SSSR count). The van der Waals surface area contributed by atoms with Gasteiger partial charge in [-0.05, 0) is 116 Å². The number of ether oxygens (including phenoxy) is 3. The minimum Gasteiger partial charge on any atom is -0.466 e. The molecule has 6 N–H and O–H groups in total. The van der Waals surface area contributed by atoms with Crippen LogP contribution in [0.25, 0.3) is 0 Å². The fourth-order valence-electron chi connectivity index (χ4n) is 12.0. The van der Waals surface area contributed by atoms with Gasteiger partial charge in [0.2, 0.25) is 5.91 Å². The highest BCUT2D eigenvalue weighted by Gasteiger charge is 2.44. The number of aliphatic hydroxyl groups excluding tert-OH is 5. The van der Waals surface area contributed by atoms with Gasteiger partial charge in [-0.2, -0.15) is 0 Å². The fourth-order valence-corrected chi connectivity index (χ4v) is 12.0. The van der Waals surface area contributed by atoms with Crippen molar-refractivity contribution < 1.29 is 49.3 Å². The lowest BCUT2D eigenvalue weighted by molar-refractivity contribution is -0.302. The van der Waals surface area contributed by atoms with Crippen molar-refractivity contribution in [1.82, 2.24) is 5.32 Å². The molecule has 11 nitrogen and oxygen atoms in total. The summed E-state index contributed by atoms with van der Waals surface area (Å²) in [7, 11) is 0. The summed E-state index contributed by atoms with van der Waals surface area (Å²) in [6.45, 7) is 4.29. The van der Waals surface area contributed by atoms with Crippen molar-refractivity contribution in [3.05, 3.63) is 85.1 Å². The summed E-state index contributed by atoms with van der Waals surface area (Å²) in [5, 5.41) is 54.5. The van der Waals surface area contributed by atoms with Crippen LogP contribution in [0.5, 0.6) is 0 Å². The van der Waals surface area contributed by atoms with Crippen LogP contribution >= 0.6 is 0 Å². The van der Waals surface area contributed by atoms with E-state index in [1.54, 1.807) is 6.08 Å². The number of allylic oxidation sites excluding steroid dienone is 13. The topological polar surface area (TPSA) is 175 Å². The van der Waals surface area contributed by atoms with Gasteiger partial charge in [0, 0.05) is 12.8 Å². The number of nitrogens with one attached hydrogen (secondary N) is 1. The molecule has 7 atom stereocenters. The van der Waals surface area contributed by atoms with Crippen LogP contribution in [0, 0.1) is 0 Å². The molecule has 0 radical (unpaired) electrons. The van der Waals surface area contributed by atoms with Gasteiger partial charge in [-0.15, -0.1) is 0 Å². The average Bonchev–Trinajstić information content (AvgIpc) is 0.955. The van der Waals surface area contributed by atoms with E-state index >= 15 is 0 Å². The predicted molar refractivity (Wildman–Crippen MR) is 393 cm³/mol. The molecule has 1 amide bonds. The van der Waals surface area contributed by atoms with Crippen molar-refractivity contribution in [3.8, 4) is 0 Å². The molecule has 0 aliphatic carbocycles. The molecule has 7 unspecified atom stereocenters. The lowest BCUT2D eigenvalue weighted by atomic mass is 9.99. The first kappa shape index (κ1) is 87.9.